The van der Waals surface area contributed by atoms with Crippen LogP contribution in [0.3, 0.4) is 0 Å². The van der Waals surface area contributed by atoms with Crippen molar-refractivity contribution in [3.63, 3.8) is 0 Å². The number of hydrogen-bond donors (Lipinski definition) is 0. The second-order valence-electron chi connectivity index (χ2n) is 10.3. The third kappa shape index (κ3) is 9.86. The third-order valence-corrected chi connectivity index (χ3v) is 7.30. The lowest BCUT2D eigenvalue weighted by Gasteiger charge is -2.25. The minimum atomic E-state index is 0.799. The molecule has 0 bridgehead atoms. The van der Waals surface area contributed by atoms with E-state index in [1.165, 1.54) is 89.0 Å². The molecule has 0 saturated heterocycles. The van der Waals surface area contributed by atoms with Gasteiger partial charge in [-0.25, -0.2) is 9.97 Å². The molecule has 3 nitrogen and oxygen atoms in total. The van der Waals surface area contributed by atoms with Crippen molar-refractivity contribution in [2.24, 2.45) is 11.8 Å². The number of benzene rings is 1. The van der Waals surface area contributed by atoms with E-state index in [0.29, 0.717) is 0 Å². The lowest BCUT2D eigenvalue weighted by Crippen LogP contribution is -2.13. The smallest absolute Gasteiger partial charge is 0.159 e. The molecule has 1 aliphatic carbocycles. The van der Waals surface area contributed by atoms with Crippen LogP contribution in [0.5, 0.6) is 5.75 Å². The Bertz CT molecular complexity index is 748. The number of aromatic nitrogens is 2. The number of rotatable bonds is 15. The highest BCUT2D eigenvalue weighted by molar-refractivity contribution is 5.55. The zero-order valence-electron chi connectivity index (χ0n) is 21.2. The van der Waals surface area contributed by atoms with Crippen LogP contribution in [0, 0.1) is 11.8 Å². The Morgan fingerprint density at radius 1 is 0.788 bits per heavy atom. The molecule has 0 spiro atoms. The zero-order valence-corrected chi connectivity index (χ0v) is 21.2. The van der Waals surface area contributed by atoms with Gasteiger partial charge >= 0.3 is 0 Å². The summed E-state index contributed by atoms with van der Waals surface area (Å²) in [5.41, 5.74) is 2.30. The lowest BCUT2D eigenvalue weighted by molar-refractivity contribution is 0.245. The molecule has 0 aliphatic heterocycles. The van der Waals surface area contributed by atoms with E-state index in [0.717, 1.165) is 48.4 Å². The van der Waals surface area contributed by atoms with E-state index >= 15 is 0 Å². The van der Waals surface area contributed by atoms with Gasteiger partial charge in [-0.3, -0.25) is 0 Å². The first-order valence-corrected chi connectivity index (χ1v) is 13.8. The summed E-state index contributed by atoms with van der Waals surface area (Å²) in [6, 6.07) is 8.25. The largest absolute Gasteiger partial charge is 0.494 e. The highest BCUT2D eigenvalue weighted by Crippen LogP contribution is 2.31. The van der Waals surface area contributed by atoms with Crippen LogP contribution < -0.4 is 4.74 Å². The Morgan fingerprint density at radius 2 is 1.42 bits per heavy atom. The first-order valence-electron chi connectivity index (χ1n) is 13.8. The van der Waals surface area contributed by atoms with E-state index in [-0.39, 0.29) is 0 Å². The molecule has 0 atom stereocenters. The highest BCUT2D eigenvalue weighted by atomic mass is 16.5. The van der Waals surface area contributed by atoms with Gasteiger partial charge in [0, 0.05) is 18.0 Å². The van der Waals surface area contributed by atoms with Crippen LogP contribution in [0.4, 0.5) is 0 Å². The number of nitrogens with zero attached hydrogens (tertiary/aromatic N) is 2. The summed E-state index contributed by atoms with van der Waals surface area (Å²) in [7, 11) is 0. The summed E-state index contributed by atoms with van der Waals surface area (Å²) >= 11 is 0. The van der Waals surface area contributed by atoms with Crippen molar-refractivity contribution < 1.29 is 4.74 Å². The van der Waals surface area contributed by atoms with E-state index in [1.807, 2.05) is 12.4 Å². The molecule has 1 saturated carbocycles. The standard InChI is InChI=1S/C30H46N2O/c1-3-4-5-6-7-8-9-10-12-27-23-31-30(32-24-27)28-18-20-29(21-19-28)33-22-11-13-26-16-14-25(2)15-17-26/h18-21,23-26H,3-17,22H2,1-2H3/t25-,26-. The van der Waals surface area contributed by atoms with Gasteiger partial charge in [0.05, 0.1) is 6.61 Å². The summed E-state index contributed by atoms with van der Waals surface area (Å²) < 4.78 is 5.98. The van der Waals surface area contributed by atoms with E-state index in [9.17, 15) is 0 Å². The summed E-state index contributed by atoms with van der Waals surface area (Å²) in [4.78, 5) is 9.22. The lowest BCUT2D eigenvalue weighted by atomic mass is 9.81. The molecule has 0 N–H and O–H groups in total. The fourth-order valence-electron chi connectivity index (χ4n) is 4.98. The maximum atomic E-state index is 5.98. The number of unbranched alkanes of at least 4 members (excludes halogenated alkanes) is 7. The average molecular weight is 451 g/mol. The number of aryl methyl sites for hydroxylation is 1. The van der Waals surface area contributed by atoms with Gasteiger partial charge in [-0.05, 0) is 67.3 Å². The Kier molecular flexibility index (Phi) is 11.8. The minimum Gasteiger partial charge on any atom is -0.494 e. The SMILES string of the molecule is CCCCCCCCCCc1cnc(-c2ccc(OCCC[C@H]3CC[C@H](C)CC3)cc2)nc1. The molecule has 182 valence electrons. The molecular formula is C30H46N2O. The molecule has 3 rings (SSSR count). The van der Waals surface area contributed by atoms with Crippen molar-refractivity contribution >= 4 is 0 Å². The summed E-state index contributed by atoms with van der Waals surface area (Å²) in [6.45, 7) is 5.48. The second kappa shape index (κ2) is 15.1. The molecule has 0 amide bonds. The predicted molar refractivity (Wildman–Crippen MR) is 140 cm³/mol. The Balaban J connectivity index is 1.31. The van der Waals surface area contributed by atoms with E-state index in [1.54, 1.807) is 0 Å². The van der Waals surface area contributed by atoms with Crippen molar-refractivity contribution in [1.29, 1.82) is 0 Å². The van der Waals surface area contributed by atoms with Gasteiger partial charge in [-0.1, -0.05) is 84.5 Å². The molecule has 1 heterocycles. The van der Waals surface area contributed by atoms with Crippen LogP contribution >= 0.6 is 0 Å². The van der Waals surface area contributed by atoms with Crippen LogP contribution in [-0.2, 0) is 6.42 Å². The first kappa shape index (κ1) is 25.7. The summed E-state index contributed by atoms with van der Waals surface area (Å²) in [5.74, 6) is 3.60. The van der Waals surface area contributed by atoms with Gasteiger partial charge in [-0.2, -0.15) is 0 Å². The van der Waals surface area contributed by atoms with Crippen LogP contribution in [0.1, 0.15) is 109 Å². The topological polar surface area (TPSA) is 35.0 Å². The van der Waals surface area contributed by atoms with Gasteiger partial charge < -0.3 is 4.74 Å². The quantitative estimate of drug-likeness (QED) is 0.254. The first-order chi connectivity index (χ1) is 16.2. The molecule has 3 heteroatoms. The fraction of sp³-hybridized carbons (Fsp3) is 0.667. The van der Waals surface area contributed by atoms with Crippen LogP contribution in [0.25, 0.3) is 11.4 Å². The van der Waals surface area contributed by atoms with Gasteiger partial charge in [-0.15, -0.1) is 0 Å². The molecule has 2 aromatic rings. The van der Waals surface area contributed by atoms with Crippen molar-refractivity contribution in [3.8, 4) is 17.1 Å². The molecule has 0 unspecified atom stereocenters. The minimum absolute atomic E-state index is 0.799. The summed E-state index contributed by atoms with van der Waals surface area (Å²) in [5, 5.41) is 0. The van der Waals surface area contributed by atoms with Gasteiger partial charge in [0.1, 0.15) is 5.75 Å². The van der Waals surface area contributed by atoms with Gasteiger partial charge in [0.25, 0.3) is 0 Å². The zero-order chi connectivity index (χ0) is 23.1. The number of hydrogen-bond acceptors (Lipinski definition) is 3. The van der Waals surface area contributed by atoms with Crippen molar-refractivity contribution in [3.05, 3.63) is 42.2 Å². The normalized spacial score (nSPS) is 18.4. The Morgan fingerprint density at radius 3 is 2.09 bits per heavy atom. The van der Waals surface area contributed by atoms with E-state index < -0.39 is 0 Å². The molecular weight excluding hydrogens is 404 g/mol. The Labute approximate surface area is 202 Å². The van der Waals surface area contributed by atoms with E-state index in [2.05, 4.69) is 48.1 Å². The molecule has 1 fully saturated rings. The van der Waals surface area contributed by atoms with E-state index in [4.69, 9.17) is 4.74 Å². The van der Waals surface area contributed by atoms with Crippen molar-refractivity contribution in [2.75, 3.05) is 6.61 Å². The molecule has 33 heavy (non-hydrogen) atoms. The fourth-order valence-corrected chi connectivity index (χ4v) is 4.98. The third-order valence-electron chi connectivity index (χ3n) is 7.30. The summed E-state index contributed by atoms with van der Waals surface area (Å²) in [6.07, 6.45) is 24.0. The second-order valence-corrected chi connectivity index (χ2v) is 10.3. The Hall–Kier alpha value is -1.90. The maximum absolute atomic E-state index is 5.98. The molecule has 1 aromatic heterocycles. The van der Waals surface area contributed by atoms with Crippen LogP contribution in [0.15, 0.2) is 36.7 Å². The maximum Gasteiger partial charge on any atom is 0.159 e. The van der Waals surface area contributed by atoms with Crippen LogP contribution in [0.2, 0.25) is 0 Å². The van der Waals surface area contributed by atoms with Crippen molar-refractivity contribution in [1.82, 2.24) is 9.97 Å². The molecule has 0 radical (unpaired) electrons. The molecule has 1 aromatic carbocycles. The molecule has 1 aliphatic rings. The van der Waals surface area contributed by atoms with Gasteiger partial charge in [0.15, 0.2) is 5.82 Å². The monoisotopic (exact) mass is 450 g/mol. The van der Waals surface area contributed by atoms with Gasteiger partial charge in [0.2, 0.25) is 0 Å². The number of ether oxygens (including phenoxy) is 1. The highest BCUT2D eigenvalue weighted by Gasteiger charge is 2.17. The predicted octanol–water partition coefficient (Wildman–Crippen LogP) is 8.81. The van der Waals surface area contributed by atoms with Crippen molar-refractivity contribution in [2.45, 2.75) is 110 Å². The van der Waals surface area contributed by atoms with Crippen LogP contribution in [-0.4, -0.2) is 16.6 Å². The average Bonchev–Trinajstić information content (AvgIpc) is 2.85.